The summed E-state index contributed by atoms with van der Waals surface area (Å²) in [4.78, 5) is 17.3. The molecule has 0 aliphatic heterocycles. The largest absolute Gasteiger partial charge is 0.481 e. The molecule has 3 atom stereocenters. The van der Waals surface area contributed by atoms with Gasteiger partial charge in [-0.3, -0.25) is 4.79 Å². The lowest BCUT2D eigenvalue weighted by molar-refractivity contribution is -0.156. The molecular weight excluding hydrogens is 394 g/mol. The Kier molecular flexibility index (Phi) is 4.97. The molecule has 0 spiro atoms. The van der Waals surface area contributed by atoms with Crippen molar-refractivity contribution >= 4 is 27.6 Å². The molecule has 1 saturated carbocycles. The lowest BCUT2D eigenvalue weighted by atomic mass is 9.49. The second kappa shape index (κ2) is 6.66. The highest BCUT2D eigenvalue weighted by Crippen LogP contribution is 2.58. The van der Waals surface area contributed by atoms with Gasteiger partial charge >= 0.3 is 5.97 Å². The topological polar surface area (TPSA) is 58.9 Å². The zero-order valence-electron chi connectivity index (χ0n) is 16.2. The molecule has 0 aromatic heterocycles. The molecule has 5 heteroatoms. The fourth-order valence-corrected chi connectivity index (χ4v) is 6.22. The molecule has 0 heterocycles. The number of hydrogen-bond acceptors (Lipinski definition) is 3. The minimum absolute atomic E-state index is 0.000509. The monoisotopic (exact) mass is 421 g/mol. The van der Waals surface area contributed by atoms with Crippen LogP contribution in [0.3, 0.4) is 0 Å². The number of carboxylic acids is 1. The fraction of sp³-hybridized carbons (Fsp3) is 0.619. The first-order valence-electron chi connectivity index (χ1n) is 9.33. The molecular formula is C21H28BrNO3. The van der Waals surface area contributed by atoms with Crippen molar-refractivity contribution in [1.29, 1.82) is 0 Å². The van der Waals surface area contributed by atoms with E-state index < -0.39 is 11.4 Å². The summed E-state index contributed by atoms with van der Waals surface area (Å²) in [6.45, 7) is 8.50. The number of carboxylic acid groups (broad SMARTS) is 1. The van der Waals surface area contributed by atoms with Crippen LogP contribution in [0.1, 0.15) is 76.0 Å². The molecule has 0 bridgehead atoms. The van der Waals surface area contributed by atoms with E-state index in [4.69, 9.17) is 4.84 Å². The van der Waals surface area contributed by atoms with Gasteiger partial charge in [-0.25, -0.2) is 0 Å². The maximum Gasteiger partial charge on any atom is 0.309 e. The van der Waals surface area contributed by atoms with Crippen LogP contribution in [-0.2, 0) is 15.0 Å². The summed E-state index contributed by atoms with van der Waals surface area (Å²) >= 11 is 3.82. The van der Waals surface area contributed by atoms with E-state index in [0.29, 0.717) is 18.8 Å². The summed E-state index contributed by atoms with van der Waals surface area (Å²) in [5, 5.41) is 14.3. The summed E-state index contributed by atoms with van der Waals surface area (Å²) < 4.78 is 1.07. The van der Waals surface area contributed by atoms with E-state index in [1.807, 2.05) is 6.92 Å². The van der Waals surface area contributed by atoms with Gasteiger partial charge < -0.3 is 9.94 Å². The highest BCUT2D eigenvalue weighted by Gasteiger charge is 2.57. The van der Waals surface area contributed by atoms with Crippen molar-refractivity contribution in [3.8, 4) is 0 Å². The second-order valence-corrected chi connectivity index (χ2v) is 9.31. The van der Waals surface area contributed by atoms with Gasteiger partial charge in [0, 0.05) is 10.0 Å². The molecule has 0 radical (unpaired) electrons. The first-order chi connectivity index (χ1) is 12.2. The highest BCUT2D eigenvalue weighted by molar-refractivity contribution is 9.10. The van der Waals surface area contributed by atoms with Crippen molar-refractivity contribution in [3.05, 3.63) is 33.3 Å². The smallest absolute Gasteiger partial charge is 0.309 e. The standard InChI is InChI=1S/C21H28BrNO3/c1-12(2)13-7-8-14-17(18(13)22)15(23-26-5)11-16-20(14,3)9-6-10-21(16,4)19(24)25/h7-8,12,16H,6,9-11H2,1-5H3,(H,24,25)/b23-15+/t16?,20-,21-/m1/s1. The van der Waals surface area contributed by atoms with Crippen LogP contribution in [0.25, 0.3) is 0 Å². The molecule has 142 valence electrons. The van der Waals surface area contributed by atoms with E-state index in [0.717, 1.165) is 28.6 Å². The molecule has 4 nitrogen and oxygen atoms in total. The van der Waals surface area contributed by atoms with Crippen molar-refractivity contribution in [1.82, 2.24) is 0 Å². The van der Waals surface area contributed by atoms with Gasteiger partial charge in [-0.2, -0.15) is 0 Å². The number of fused-ring (bicyclic) bond motifs is 3. The summed E-state index contributed by atoms with van der Waals surface area (Å²) in [5.41, 5.74) is 3.48. The van der Waals surface area contributed by atoms with Crippen LogP contribution in [-0.4, -0.2) is 23.9 Å². The van der Waals surface area contributed by atoms with Gasteiger partial charge in [-0.1, -0.05) is 44.5 Å². The number of hydrogen-bond donors (Lipinski definition) is 1. The van der Waals surface area contributed by atoms with Gasteiger partial charge in [0.25, 0.3) is 0 Å². The van der Waals surface area contributed by atoms with E-state index >= 15 is 0 Å². The molecule has 1 aromatic rings. The zero-order chi connectivity index (χ0) is 19.3. The summed E-state index contributed by atoms with van der Waals surface area (Å²) in [6, 6.07) is 4.37. The van der Waals surface area contributed by atoms with E-state index in [9.17, 15) is 9.90 Å². The Morgan fingerprint density at radius 3 is 2.62 bits per heavy atom. The predicted octanol–water partition coefficient (Wildman–Crippen LogP) is 5.48. The molecule has 1 N–H and O–H groups in total. The van der Waals surface area contributed by atoms with Crippen molar-refractivity contribution < 1.29 is 14.7 Å². The van der Waals surface area contributed by atoms with Crippen LogP contribution in [0.15, 0.2) is 21.8 Å². The predicted molar refractivity (Wildman–Crippen MR) is 107 cm³/mol. The number of oxime groups is 1. The Bertz CT molecular complexity index is 773. The third kappa shape index (κ3) is 2.70. The maximum atomic E-state index is 12.2. The molecule has 0 saturated heterocycles. The number of aliphatic carboxylic acids is 1. The molecule has 2 aliphatic carbocycles. The van der Waals surface area contributed by atoms with Crippen LogP contribution in [0.4, 0.5) is 0 Å². The lowest BCUT2D eigenvalue weighted by Gasteiger charge is -2.53. The number of nitrogens with zero attached hydrogens (tertiary/aromatic N) is 1. The minimum atomic E-state index is -0.748. The van der Waals surface area contributed by atoms with E-state index in [-0.39, 0.29) is 11.3 Å². The second-order valence-electron chi connectivity index (χ2n) is 8.52. The summed E-state index contributed by atoms with van der Waals surface area (Å²) in [6.07, 6.45) is 3.26. The number of rotatable bonds is 3. The van der Waals surface area contributed by atoms with Crippen LogP contribution >= 0.6 is 15.9 Å². The van der Waals surface area contributed by atoms with E-state index in [1.165, 1.54) is 11.1 Å². The van der Waals surface area contributed by atoms with E-state index in [2.05, 4.69) is 54.0 Å². The molecule has 3 rings (SSSR count). The lowest BCUT2D eigenvalue weighted by Crippen LogP contribution is -2.53. The van der Waals surface area contributed by atoms with Gasteiger partial charge in [0.1, 0.15) is 7.11 Å². The molecule has 1 aromatic carbocycles. The third-order valence-corrected chi connectivity index (χ3v) is 7.57. The Morgan fingerprint density at radius 2 is 2.04 bits per heavy atom. The first kappa shape index (κ1) is 19.4. The van der Waals surface area contributed by atoms with Crippen molar-refractivity contribution in [2.24, 2.45) is 16.5 Å². The number of carbonyl (C=O) groups is 1. The Hall–Kier alpha value is -1.36. The molecule has 26 heavy (non-hydrogen) atoms. The average Bonchev–Trinajstić information content (AvgIpc) is 2.56. The van der Waals surface area contributed by atoms with Gasteiger partial charge in [0.05, 0.1) is 11.1 Å². The maximum absolute atomic E-state index is 12.2. The minimum Gasteiger partial charge on any atom is -0.481 e. The fourth-order valence-electron chi connectivity index (χ4n) is 5.19. The summed E-state index contributed by atoms with van der Waals surface area (Å²) in [7, 11) is 1.55. The van der Waals surface area contributed by atoms with Crippen LogP contribution in [0.5, 0.6) is 0 Å². The average molecular weight is 422 g/mol. The van der Waals surface area contributed by atoms with Gasteiger partial charge in [0.2, 0.25) is 0 Å². The van der Waals surface area contributed by atoms with Gasteiger partial charge in [-0.15, -0.1) is 0 Å². The van der Waals surface area contributed by atoms with Crippen molar-refractivity contribution in [2.45, 2.75) is 64.7 Å². The Labute approximate surface area is 164 Å². The number of halogens is 1. The Balaban J connectivity index is 2.28. The highest BCUT2D eigenvalue weighted by atomic mass is 79.9. The first-order valence-corrected chi connectivity index (χ1v) is 10.1. The van der Waals surface area contributed by atoms with Crippen molar-refractivity contribution in [3.63, 3.8) is 0 Å². The van der Waals surface area contributed by atoms with Crippen LogP contribution in [0, 0.1) is 11.3 Å². The molecule has 0 amide bonds. The normalized spacial score (nSPS) is 32.3. The van der Waals surface area contributed by atoms with Gasteiger partial charge in [0.15, 0.2) is 0 Å². The molecule has 2 aliphatic rings. The third-order valence-electron chi connectivity index (χ3n) is 6.72. The van der Waals surface area contributed by atoms with Crippen LogP contribution in [0.2, 0.25) is 0 Å². The van der Waals surface area contributed by atoms with E-state index in [1.54, 1.807) is 7.11 Å². The number of benzene rings is 1. The zero-order valence-corrected chi connectivity index (χ0v) is 17.8. The molecule has 1 unspecified atom stereocenters. The summed E-state index contributed by atoms with van der Waals surface area (Å²) in [5.74, 6) is -0.314. The van der Waals surface area contributed by atoms with Crippen molar-refractivity contribution in [2.75, 3.05) is 7.11 Å². The van der Waals surface area contributed by atoms with Crippen LogP contribution < -0.4 is 0 Å². The van der Waals surface area contributed by atoms with Gasteiger partial charge in [-0.05, 0) is 70.5 Å². The quantitative estimate of drug-likeness (QED) is 0.657. The Morgan fingerprint density at radius 1 is 1.35 bits per heavy atom. The molecule has 1 fully saturated rings. The SMILES string of the molecule is CO/N=C1\CC2[C@](C)(C(=O)O)CCC[C@]2(C)c2ccc(C(C)C)c(Br)c21.